The number of fused-ring (bicyclic) bond motifs is 1. The summed E-state index contributed by atoms with van der Waals surface area (Å²) < 4.78 is 0. The Morgan fingerprint density at radius 1 is 1.05 bits per heavy atom. The number of aryl methyl sites for hydroxylation is 1. The van der Waals surface area contributed by atoms with Crippen molar-refractivity contribution in [3.05, 3.63) is 29.6 Å². The number of aromatic nitrogens is 1. The Hall–Kier alpha value is -1.42. The number of pyridine rings is 1. The van der Waals surface area contributed by atoms with E-state index >= 15 is 0 Å². The molecule has 2 aliphatic rings. The van der Waals surface area contributed by atoms with Crippen molar-refractivity contribution in [3.63, 3.8) is 0 Å². The van der Waals surface area contributed by atoms with Crippen molar-refractivity contribution in [2.45, 2.75) is 44.7 Å². The van der Waals surface area contributed by atoms with Gasteiger partial charge in [-0.15, -0.1) is 0 Å². The van der Waals surface area contributed by atoms with E-state index in [2.05, 4.69) is 24.0 Å². The molecule has 4 heteroatoms. The minimum atomic E-state index is 0.0674. The van der Waals surface area contributed by atoms with Crippen LogP contribution in [0, 0.1) is 18.8 Å². The normalized spacial score (nSPS) is 30.6. The summed E-state index contributed by atoms with van der Waals surface area (Å²) in [5.74, 6) is 1.65. The van der Waals surface area contributed by atoms with E-state index in [0.717, 1.165) is 36.4 Å². The molecule has 2 aliphatic carbocycles. The Labute approximate surface area is 133 Å². The minimum absolute atomic E-state index is 0.0674. The van der Waals surface area contributed by atoms with Crippen molar-refractivity contribution >= 4 is 5.91 Å². The van der Waals surface area contributed by atoms with Crippen LogP contribution in [0.1, 0.15) is 41.9 Å². The lowest BCUT2D eigenvalue weighted by Gasteiger charge is -2.27. The largest absolute Gasteiger partial charge is 0.337 e. The van der Waals surface area contributed by atoms with Crippen molar-refractivity contribution in [2.75, 3.05) is 21.1 Å². The van der Waals surface area contributed by atoms with Crippen LogP contribution in [-0.2, 0) is 0 Å². The second-order valence-corrected chi connectivity index (χ2v) is 7.31. The summed E-state index contributed by atoms with van der Waals surface area (Å²) in [4.78, 5) is 21.3. The first kappa shape index (κ1) is 15.5. The third kappa shape index (κ3) is 2.89. The summed E-state index contributed by atoms with van der Waals surface area (Å²) >= 11 is 0. The molecule has 0 aliphatic heterocycles. The molecular formula is C18H27N3O. The first-order valence-electron chi connectivity index (χ1n) is 8.33. The monoisotopic (exact) mass is 301 g/mol. The average molecular weight is 301 g/mol. The Morgan fingerprint density at radius 3 is 2.18 bits per heavy atom. The van der Waals surface area contributed by atoms with Crippen molar-refractivity contribution in [1.82, 2.24) is 14.8 Å². The quantitative estimate of drug-likeness (QED) is 0.861. The van der Waals surface area contributed by atoms with Crippen molar-refractivity contribution in [1.29, 1.82) is 0 Å². The van der Waals surface area contributed by atoms with Gasteiger partial charge >= 0.3 is 0 Å². The smallest absolute Gasteiger partial charge is 0.272 e. The summed E-state index contributed by atoms with van der Waals surface area (Å²) in [5.41, 5.74) is 1.47. The Kier molecular flexibility index (Phi) is 4.22. The van der Waals surface area contributed by atoms with Crippen LogP contribution in [0.2, 0.25) is 0 Å². The number of carbonyl (C=O) groups excluding carboxylic acids is 1. The molecule has 3 rings (SSSR count). The third-order valence-corrected chi connectivity index (χ3v) is 5.67. The maximum absolute atomic E-state index is 12.6. The molecule has 0 bridgehead atoms. The van der Waals surface area contributed by atoms with Gasteiger partial charge in [0.2, 0.25) is 0 Å². The number of amides is 1. The number of rotatable bonds is 3. The van der Waals surface area contributed by atoms with Crippen molar-refractivity contribution in [2.24, 2.45) is 11.8 Å². The van der Waals surface area contributed by atoms with Crippen LogP contribution in [0.25, 0.3) is 0 Å². The van der Waals surface area contributed by atoms with Gasteiger partial charge in [-0.1, -0.05) is 6.07 Å². The predicted molar refractivity (Wildman–Crippen MR) is 87.8 cm³/mol. The standard InChI is InChI=1S/C18H27N3O/c1-12-6-5-7-17(19-12)18(22)21(4)16-10-13-8-15(20(2)3)9-14(13)11-16/h5-7,13-16H,8-11H2,1-4H3/t13-,14+,15?,16?. The topological polar surface area (TPSA) is 36.4 Å². The van der Waals surface area contributed by atoms with Gasteiger partial charge in [-0.25, -0.2) is 4.98 Å². The summed E-state index contributed by atoms with van der Waals surface area (Å²) in [6, 6.07) is 6.78. The lowest BCUT2D eigenvalue weighted by atomic mass is 10.0. The minimum Gasteiger partial charge on any atom is -0.337 e. The molecule has 0 aromatic carbocycles. The highest BCUT2D eigenvalue weighted by atomic mass is 16.2. The Balaban J connectivity index is 1.63. The molecular weight excluding hydrogens is 274 g/mol. The number of carbonyl (C=O) groups is 1. The average Bonchev–Trinajstić information content (AvgIpc) is 3.04. The molecule has 0 spiro atoms. The molecule has 0 radical (unpaired) electrons. The summed E-state index contributed by atoms with van der Waals surface area (Å²) in [7, 11) is 6.31. The van der Waals surface area contributed by atoms with Crippen LogP contribution < -0.4 is 0 Å². The van der Waals surface area contributed by atoms with Gasteiger partial charge < -0.3 is 9.80 Å². The lowest BCUT2D eigenvalue weighted by molar-refractivity contribution is 0.0720. The van der Waals surface area contributed by atoms with Crippen molar-refractivity contribution < 1.29 is 4.79 Å². The van der Waals surface area contributed by atoms with Gasteiger partial charge in [-0.05, 0) is 70.7 Å². The zero-order valence-corrected chi connectivity index (χ0v) is 14.1. The van der Waals surface area contributed by atoms with Crippen LogP contribution in [0.4, 0.5) is 0 Å². The molecule has 2 unspecified atom stereocenters. The zero-order chi connectivity index (χ0) is 15.9. The molecule has 0 N–H and O–H groups in total. The number of hydrogen-bond acceptors (Lipinski definition) is 3. The van der Waals surface area contributed by atoms with Crippen LogP contribution >= 0.6 is 0 Å². The van der Waals surface area contributed by atoms with Gasteiger partial charge in [-0.3, -0.25) is 4.79 Å². The SMILES string of the molecule is Cc1cccc(C(=O)N(C)C2C[C@H]3CC(N(C)C)C[C@H]3C2)n1. The fraction of sp³-hybridized carbons (Fsp3) is 0.667. The van der Waals surface area contributed by atoms with Gasteiger partial charge in [0.05, 0.1) is 0 Å². The van der Waals surface area contributed by atoms with E-state index in [9.17, 15) is 4.79 Å². The van der Waals surface area contributed by atoms with Crippen LogP contribution in [-0.4, -0.2) is 53.9 Å². The highest BCUT2D eigenvalue weighted by molar-refractivity contribution is 5.92. The molecule has 1 aromatic rings. The molecule has 1 aromatic heterocycles. The second-order valence-electron chi connectivity index (χ2n) is 7.31. The fourth-order valence-corrected chi connectivity index (χ4v) is 4.30. The molecule has 2 saturated carbocycles. The molecule has 4 nitrogen and oxygen atoms in total. The van der Waals surface area contributed by atoms with Gasteiger partial charge in [0.1, 0.15) is 5.69 Å². The van der Waals surface area contributed by atoms with Crippen LogP contribution in [0.15, 0.2) is 18.2 Å². The number of nitrogens with zero attached hydrogens (tertiary/aromatic N) is 3. The summed E-state index contributed by atoms with van der Waals surface area (Å²) in [5, 5.41) is 0. The second kappa shape index (κ2) is 5.99. The highest BCUT2D eigenvalue weighted by Crippen LogP contribution is 2.46. The van der Waals surface area contributed by atoms with Crippen LogP contribution in [0.3, 0.4) is 0 Å². The number of hydrogen-bond donors (Lipinski definition) is 0. The van der Waals surface area contributed by atoms with E-state index in [1.165, 1.54) is 12.8 Å². The fourth-order valence-electron chi connectivity index (χ4n) is 4.30. The summed E-state index contributed by atoms with van der Waals surface area (Å²) in [6.45, 7) is 1.93. The lowest BCUT2D eigenvalue weighted by Crippen LogP contribution is -2.37. The molecule has 1 amide bonds. The van der Waals surface area contributed by atoms with E-state index < -0.39 is 0 Å². The predicted octanol–water partition coefficient (Wildman–Crippen LogP) is 2.58. The van der Waals surface area contributed by atoms with Gasteiger partial charge in [0.15, 0.2) is 0 Å². The van der Waals surface area contributed by atoms with E-state index in [1.54, 1.807) is 0 Å². The van der Waals surface area contributed by atoms with Gasteiger partial charge in [0, 0.05) is 24.8 Å². The molecule has 120 valence electrons. The third-order valence-electron chi connectivity index (χ3n) is 5.67. The first-order valence-corrected chi connectivity index (χ1v) is 8.33. The van der Waals surface area contributed by atoms with E-state index in [0.29, 0.717) is 11.7 Å². The van der Waals surface area contributed by atoms with Gasteiger partial charge in [-0.2, -0.15) is 0 Å². The maximum atomic E-state index is 12.6. The van der Waals surface area contributed by atoms with Crippen molar-refractivity contribution in [3.8, 4) is 0 Å². The molecule has 1 heterocycles. The maximum Gasteiger partial charge on any atom is 0.272 e. The molecule has 2 fully saturated rings. The molecule has 22 heavy (non-hydrogen) atoms. The van der Waals surface area contributed by atoms with E-state index in [4.69, 9.17) is 0 Å². The van der Waals surface area contributed by atoms with Gasteiger partial charge in [0.25, 0.3) is 5.91 Å². The van der Waals surface area contributed by atoms with E-state index in [-0.39, 0.29) is 5.91 Å². The summed E-state index contributed by atoms with van der Waals surface area (Å²) in [6.07, 6.45) is 4.89. The Morgan fingerprint density at radius 2 is 1.64 bits per heavy atom. The molecule has 0 saturated heterocycles. The van der Waals surface area contributed by atoms with Crippen LogP contribution in [0.5, 0.6) is 0 Å². The van der Waals surface area contributed by atoms with E-state index in [1.807, 2.05) is 37.1 Å². The Bertz CT molecular complexity index is 543. The first-order chi connectivity index (χ1) is 10.5. The zero-order valence-electron chi connectivity index (χ0n) is 14.1. The highest BCUT2D eigenvalue weighted by Gasteiger charge is 2.44. The molecule has 4 atom stereocenters.